The van der Waals surface area contributed by atoms with Crippen LogP contribution in [0.5, 0.6) is 0 Å². The number of hydrogen-bond donors (Lipinski definition) is 1. The number of H-pyrrole nitrogens is 1. The highest BCUT2D eigenvalue weighted by atomic mass is 16.5. The third-order valence-electron chi connectivity index (χ3n) is 3.97. The van der Waals surface area contributed by atoms with Crippen molar-refractivity contribution >= 4 is 22.7 Å². The SMILES string of the molecule is Cc1cc(C)cc(C(=O)O[C@@H](C)C(=O)c2c[nH]c3ccccc23)c1. The molecule has 122 valence electrons. The molecule has 3 rings (SSSR count). The van der Waals surface area contributed by atoms with Gasteiger partial charge in [0.05, 0.1) is 5.56 Å². The van der Waals surface area contributed by atoms with Gasteiger partial charge in [0.1, 0.15) is 0 Å². The maximum atomic E-state index is 12.6. The van der Waals surface area contributed by atoms with Crippen molar-refractivity contribution in [2.24, 2.45) is 0 Å². The molecule has 0 saturated carbocycles. The van der Waals surface area contributed by atoms with E-state index in [1.165, 1.54) is 0 Å². The summed E-state index contributed by atoms with van der Waals surface area (Å²) in [4.78, 5) is 28.0. The van der Waals surface area contributed by atoms with Crippen molar-refractivity contribution in [2.75, 3.05) is 0 Å². The molecule has 0 aliphatic carbocycles. The lowest BCUT2D eigenvalue weighted by molar-refractivity contribution is 0.0319. The largest absolute Gasteiger partial charge is 0.451 e. The Hall–Kier alpha value is -2.88. The summed E-state index contributed by atoms with van der Waals surface area (Å²) in [6.07, 6.45) is 0.811. The van der Waals surface area contributed by atoms with E-state index in [0.717, 1.165) is 22.0 Å². The Morgan fingerprint density at radius 3 is 2.42 bits per heavy atom. The molecule has 1 atom stereocenters. The monoisotopic (exact) mass is 321 g/mol. The van der Waals surface area contributed by atoms with Gasteiger partial charge in [-0.1, -0.05) is 35.4 Å². The molecule has 1 aromatic heterocycles. The predicted octanol–water partition coefficient (Wildman–Crippen LogP) is 4.21. The van der Waals surface area contributed by atoms with Crippen LogP contribution in [-0.2, 0) is 4.74 Å². The third kappa shape index (κ3) is 3.08. The van der Waals surface area contributed by atoms with Gasteiger partial charge in [0.25, 0.3) is 0 Å². The molecule has 0 fully saturated rings. The van der Waals surface area contributed by atoms with Gasteiger partial charge in [-0.05, 0) is 39.0 Å². The number of ketones is 1. The van der Waals surface area contributed by atoms with E-state index in [-0.39, 0.29) is 5.78 Å². The Morgan fingerprint density at radius 1 is 1.04 bits per heavy atom. The molecule has 0 unspecified atom stereocenters. The van der Waals surface area contributed by atoms with Gasteiger partial charge in [-0.15, -0.1) is 0 Å². The molecular formula is C20H19NO3. The third-order valence-corrected chi connectivity index (χ3v) is 3.97. The van der Waals surface area contributed by atoms with Crippen LogP contribution in [-0.4, -0.2) is 22.8 Å². The molecule has 2 aromatic carbocycles. The summed E-state index contributed by atoms with van der Waals surface area (Å²) in [6.45, 7) is 5.44. The number of hydrogen-bond acceptors (Lipinski definition) is 3. The number of aryl methyl sites for hydroxylation is 2. The minimum absolute atomic E-state index is 0.217. The molecule has 0 bridgehead atoms. The van der Waals surface area contributed by atoms with Crippen molar-refractivity contribution < 1.29 is 14.3 Å². The molecule has 1 N–H and O–H groups in total. The molecule has 3 aromatic rings. The highest BCUT2D eigenvalue weighted by Gasteiger charge is 2.23. The highest BCUT2D eigenvalue weighted by Crippen LogP contribution is 2.20. The predicted molar refractivity (Wildman–Crippen MR) is 93.4 cm³/mol. The zero-order chi connectivity index (χ0) is 17.3. The van der Waals surface area contributed by atoms with Gasteiger partial charge in [0.15, 0.2) is 6.10 Å². The van der Waals surface area contributed by atoms with Crippen LogP contribution in [0.4, 0.5) is 0 Å². The molecular weight excluding hydrogens is 302 g/mol. The number of nitrogens with one attached hydrogen (secondary N) is 1. The van der Waals surface area contributed by atoms with Crippen molar-refractivity contribution in [3.8, 4) is 0 Å². The quantitative estimate of drug-likeness (QED) is 0.578. The van der Waals surface area contributed by atoms with E-state index in [9.17, 15) is 9.59 Å². The maximum absolute atomic E-state index is 12.6. The van der Waals surface area contributed by atoms with Crippen molar-refractivity contribution in [1.29, 1.82) is 0 Å². The van der Waals surface area contributed by atoms with E-state index in [1.54, 1.807) is 25.3 Å². The molecule has 0 spiro atoms. The standard InChI is InChI=1S/C20H19NO3/c1-12-8-13(2)10-15(9-12)20(23)24-14(3)19(22)17-11-21-18-7-5-4-6-16(17)18/h4-11,14,21H,1-3H3/t14-/m0/s1. The number of carbonyl (C=O) groups is 2. The Morgan fingerprint density at radius 2 is 1.71 bits per heavy atom. The summed E-state index contributed by atoms with van der Waals surface area (Å²) in [5.74, 6) is -0.701. The number of Topliss-reactive ketones (excluding diaryl/α,β-unsaturated/α-hetero) is 1. The van der Waals surface area contributed by atoms with Gasteiger partial charge in [-0.2, -0.15) is 0 Å². The maximum Gasteiger partial charge on any atom is 0.338 e. The van der Waals surface area contributed by atoms with Crippen LogP contribution in [0.1, 0.15) is 38.8 Å². The van der Waals surface area contributed by atoms with Gasteiger partial charge in [0, 0.05) is 22.7 Å². The summed E-state index contributed by atoms with van der Waals surface area (Å²) in [5.41, 5.74) is 3.85. The average Bonchev–Trinajstić information content (AvgIpc) is 2.97. The van der Waals surface area contributed by atoms with E-state index in [1.807, 2.05) is 44.2 Å². The fourth-order valence-corrected chi connectivity index (χ4v) is 2.87. The molecule has 1 heterocycles. The molecule has 0 amide bonds. The Balaban J connectivity index is 1.80. The van der Waals surface area contributed by atoms with Crippen LogP contribution in [0.25, 0.3) is 10.9 Å². The van der Waals surface area contributed by atoms with Gasteiger partial charge >= 0.3 is 5.97 Å². The first kappa shape index (κ1) is 16.0. The molecule has 4 heteroatoms. The Bertz CT molecular complexity index is 903. The van der Waals surface area contributed by atoms with Gasteiger partial charge < -0.3 is 9.72 Å². The molecule has 0 aliphatic heterocycles. The van der Waals surface area contributed by atoms with Crippen molar-refractivity contribution in [1.82, 2.24) is 4.98 Å². The van der Waals surface area contributed by atoms with Crippen molar-refractivity contribution in [3.05, 3.63) is 70.9 Å². The topological polar surface area (TPSA) is 59.2 Å². The Kier molecular flexibility index (Phi) is 4.21. The number of rotatable bonds is 4. The van der Waals surface area contributed by atoms with Crippen LogP contribution in [0.2, 0.25) is 0 Å². The number of aromatic amines is 1. The van der Waals surface area contributed by atoms with Crippen LogP contribution in [0.3, 0.4) is 0 Å². The minimum Gasteiger partial charge on any atom is -0.451 e. The lowest BCUT2D eigenvalue weighted by Gasteiger charge is -2.12. The summed E-state index contributed by atoms with van der Waals surface area (Å²) in [7, 11) is 0. The first-order chi connectivity index (χ1) is 11.5. The first-order valence-corrected chi connectivity index (χ1v) is 7.85. The average molecular weight is 321 g/mol. The summed E-state index contributed by atoms with van der Waals surface area (Å²) < 4.78 is 5.38. The number of carbonyl (C=O) groups excluding carboxylic acids is 2. The van der Waals surface area contributed by atoms with Gasteiger partial charge in [-0.3, -0.25) is 4.79 Å². The lowest BCUT2D eigenvalue weighted by Crippen LogP contribution is -2.24. The van der Waals surface area contributed by atoms with Crippen LogP contribution in [0, 0.1) is 13.8 Å². The van der Waals surface area contributed by atoms with Gasteiger partial charge in [0.2, 0.25) is 5.78 Å². The van der Waals surface area contributed by atoms with Crippen molar-refractivity contribution in [2.45, 2.75) is 26.9 Å². The summed E-state index contributed by atoms with van der Waals surface area (Å²) >= 11 is 0. The van der Waals surface area contributed by atoms with E-state index in [4.69, 9.17) is 4.74 Å². The second kappa shape index (κ2) is 6.32. The molecule has 24 heavy (non-hydrogen) atoms. The number of benzene rings is 2. The minimum atomic E-state index is -0.850. The number of aromatic nitrogens is 1. The number of esters is 1. The van der Waals surface area contributed by atoms with E-state index in [0.29, 0.717) is 11.1 Å². The van der Waals surface area contributed by atoms with E-state index < -0.39 is 12.1 Å². The second-order valence-electron chi connectivity index (χ2n) is 6.04. The van der Waals surface area contributed by atoms with Crippen LogP contribution >= 0.6 is 0 Å². The smallest absolute Gasteiger partial charge is 0.338 e. The van der Waals surface area contributed by atoms with E-state index >= 15 is 0 Å². The molecule has 0 radical (unpaired) electrons. The summed E-state index contributed by atoms with van der Waals surface area (Å²) in [5, 5.41) is 0.830. The zero-order valence-electron chi connectivity index (χ0n) is 13.9. The highest BCUT2D eigenvalue weighted by molar-refractivity contribution is 6.10. The lowest BCUT2D eigenvalue weighted by atomic mass is 10.1. The normalized spacial score (nSPS) is 12.1. The molecule has 4 nitrogen and oxygen atoms in total. The fraction of sp³-hybridized carbons (Fsp3) is 0.200. The Labute approximate surface area is 140 Å². The second-order valence-corrected chi connectivity index (χ2v) is 6.04. The number of para-hydroxylation sites is 1. The van der Waals surface area contributed by atoms with E-state index in [2.05, 4.69) is 4.98 Å². The fourth-order valence-electron chi connectivity index (χ4n) is 2.87. The van der Waals surface area contributed by atoms with Crippen molar-refractivity contribution in [3.63, 3.8) is 0 Å². The summed E-state index contributed by atoms with van der Waals surface area (Å²) in [6, 6.07) is 13.1. The number of fused-ring (bicyclic) bond motifs is 1. The van der Waals surface area contributed by atoms with Crippen LogP contribution < -0.4 is 0 Å². The molecule has 0 aliphatic rings. The van der Waals surface area contributed by atoms with Crippen LogP contribution in [0.15, 0.2) is 48.7 Å². The number of ether oxygens (including phenoxy) is 1. The van der Waals surface area contributed by atoms with Gasteiger partial charge in [-0.25, -0.2) is 4.79 Å². The first-order valence-electron chi connectivity index (χ1n) is 7.85. The molecule has 0 saturated heterocycles. The zero-order valence-corrected chi connectivity index (χ0v) is 13.9.